The quantitative estimate of drug-likeness (QED) is 0.624. The van der Waals surface area contributed by atoms with E-state index in [1.807, 2.05) is 30.3 Å². The summed E-state index contributed by atoms with van der Waals surface area (Å²) in [4.78, 5) is 9.12. The molecule has 2 aromatic rings. The van der Waals surface area contributed by atoms with E-state index < -0.39 is 0 Å². The molecule has 0 saturated heterocycles. The zero-order chi connectivity index (χ0) is 11.4. The maximum atomic E-state index is 7.42. The van der Waals surface area contributed by atoms with Crippen LogP contribution in [0.4, 0.5) is 0 Å². The van der Waals surface area contributed by atoms with Crippen LogP contribution in [-0.4, -0.2) is 15.8 Å². The first-order valence-corrected chi connectivity index (χ1v) is 5.47. The van der Waals surface area contributed by atoms with Crippen molar-refractivity contribution in [2.45, 2.75) is 9.92 Å². The topological polar surface area (TPSA) is 75.7 Å². The minimum atomic E-state index is -0.0287. The third-order valence-corrected chi connectivity index (χ3v) is 2.88. The van der Waals surface area contributed by atoms with Gasteiger partial charge >= 0.3 is 0 Å². The molecule has 0 atom stereocenters. The number of rotatable bonds is 3. The van der Waals surface area contributed by atoms with E-state index in [0.717, 1.165) is 9.92 Å². The fraction of sp³-hybridized carbons (Fsp3) is 0. The molecular formula is C11H10N4S. The van der Waals surface area contributed by atoms with Gasteiger partial charge in [-0.2, -0.15) is 0 Å². The summed E-state index contributed by atoms with van der Waals surface area (Å²) in [5, 5.41) is 8.28. The third kappa shape index (κ3) is 2.38. The molecule has 0 aromatic carbocycles. The Morgan fingerprint density at radius 3 is 2.62 bits per heavy atom. The van der Waals surface area contributed by atoms with Crippen molar-refractivity contribution in [2.75, 3.05) is 0 Å². The van der Waals surface area contributed by atoms with Gasteiger partial charge in [0.25, 0.3) is 0 Å². The van der Waals surface area contributed by atoms with Gasteiger partial charge in [0.2, 0.25) is 0 Å². The van der Waals surface area contributed by atoms with E-state index in [4.69, 9.17) is 11.1 Å². The van der Waals surface area contributed by atoms with Crippen LogP contribution in [0.3, 0.4) is 0 Å². The zero-order valence-electron chi connectivity index (χ0n) is 8.42. The molecule has 2 rings (SSSR count). The van der Waals surface area contributed by atoms with Gasteiger partial charge in [0, 0.05) is 17.3 Å². The molecule has 0 spiro atoms. The number of nitrogens with one attached hydrogen (secondary N) is 1. The van der Waals surface area contributed by atoms with Crippen LogP contribution < -0.4 is 5.73 Å². The van der Waals surface area contributed by atoms with Crippen LogP contribution >= 0.6 is 11.8 Å². The van der Waals surface area contributed by atoms with Crippen molar-refractivity contribution >= 4 is 17.6 Å². The SMILES string of the molecule is N=C(N)c1ncccc1Sc1ccccn1. The summed E-state index contributed by atoms with van der Waals surface area (Å²) in [6.45, 7) is 0. The summed E-state index contributed by atoms with van der Waals surface area (Å²) in [5.41, 5.74) is 5.95. The van der Waals surface area contributed by atoms with Gasteiger partial charge in [0.1, 0.15) is 16.6 Å². The molecule has 0 fully saturated rings. The highest BCUT2D eigenvalue weighted by Gasteiger charge is 2.07. The van der Waals surface area contributed by atoms with Gasteiger partial charge in [-0.25, -0.2) is 4.98 Å². The molecule has 2 aromatic heterocycles. The van der Waals surface area contributed by atoms with Crippen LogP contribution in [0.2, 0.25) is 0 Å². The monoisotopic (exact) mass is 230 g/mol. The molecule has 0 saturated carbocycles. The van der Waals surface area contributed by atoms with Crippen molar-refractivity contribution in [2.24, 2.45) is 5.73 Å². The molecule has 0 amide bonds. The van der Waals surface area contributed by atoms with Gasteiger partial charge in [-0.05, 0) is 24.3 Å². The normalized spacial score (nSPS) is 10.0. The van der Waals surface area contributed by atoms with Crippen molar-refractivity contribution in [3.63, 3.8) is 0 Å². The van der Waals surface area contributed by atoms with E-state index in [1.54, 1.807) is 12.4 Å². The van der Waals surface area contributed by atoms with Crippen molar-refractivity contribution < 1.29 is 0 Å². The fourth-order valence-electron chi connectivity index (χ4n) is 1.20. The fourth-order valence-corrected chi connectivity index (χ4v) is 2.09. The maximum absolute atomic E-state index is 7.42. The third-order valence-electron chi connectivity index (χ3n) is 1.88. The lowest BCUT2D eigenvalue weighted by molar-refractivity contribution is 1.12. The molecule has 0 aliphatic rings. The molecule has 3 N–H and O–H groups in total. The Kier molecular flexibility index (Phi) is 3.16. The van der Waals surface area contributed by atoms with Gasteiger partial charge in [-0.15, -0.1) is 0 Å². The second-order valence-electron chi connectivity index (χ2n) is 3.03. The highest BCUT2D eigenvalue weighted by Crippen LogP contribution is 2.27. The minimum Gasteiger partial charge on any atom is -0.382 e. The number of nitrogen functional groups attached to an aromatic ring is 1. The molecular weight excluding hydrogens is 220 g/mol. The second kappa shape index (κ2) is 4.76. The van der Waals surface area contributed by atoms with Crippen LogP contribution in [-0.2, 0) is 0 Å². The first kappa shape index (κ1) is 10.6. The maximum Gasteiger partial charge on any atom is 0.142 e. The standard InChI is InChI=1S/C11H10N4S/c12-11(13)10-8(4-3-7-15-10)16-9-5-1-2-6-14-9/h1-7H,(H3,12,13). The Bertz CT molecular complexity index is 498. The zero-order valence-corrected chi connectivity index (χ0v) is 9.24. The second-order valence-corrected chi connectivity index (χ2v) is 4.10. The van der Waals surface area contributed by atoms with Crippen molar-refractivity contribution in [1.29, 1.82) is 5.41 Å². The Labute approximate surface area is 97.4 Å². The van der Waals surface area contributed by atoms with Crippen LogP contribution in [0.25, 0.3) is 0 Å². The predicted octanol–water partition coefficient (Wildman–Crippen LogP) is 1.91. The first-order valence-electron chi connectivity index (χ1n) is 4.65. The van der Waals surface area contributed by atoms with E-state index in [0.29, 0.717) is 5.69 Å². The highest BCUT2D eigenvalue weighted by molar-refractivity contribution is 7.99. The van der Waals surface area contributed by atoms with Gasteiger partial charge in [0.05, 0.1) is 0 Å². The molecule has 80 valence electrons. The first-order chi connectivity index (χ1) is 7.77. The van der Waals surface area contributed by atoms with E-state index in [1.165, 1.54) is 11.8 Å². The van der Waals surface area contributed by atoms with E-state index in [-0.39, 0.29) is 5.84 Å². The Hall–Kier alpha value is -1.88. The molecule has 4 nitrogen and oxygen atoms in total. The van der Waals surface area contributed by atoms with Crippen molar-refractivity contribution in [3.05, 3.63) is 48.4 Å². The van der Waals surface area contributed by atoms with Crippen molar-refractivity contribution in [3.8, 4) is 0 Å². The lowest BCUT2D eigenvalue weighted by atomic mass is 10.3. The average molecular weight is 230 g/mol. The van der Waals surface area contributed by atoms with Gasteiger partial charge < -0.3 is 5.73 Å². The van der Waals surface area contributed by atoms with Crippen LogP contribution in [0.15, 0.2) is 52.6 Å². The number of hydrogen-bond donors (Lipinski definition) is 2. The molecule has 0 aliphatic carbocycles. The van der Waals surface area contributed by atoms with Gasteiger partial charge in [-0.3, -0.25) is 10.4 Å². The summed E-state index contributed by atoms with van der Waals surface area (Å²) < 4.78 is 0. The Balaban J connectivity index is 2.31. The Morgan fingerprint density at radius 1 is 1.12 bits per heavy atom. The lowest BCUT2D eigenvalue weighted by Gasteiger charge is -2.05. The average Bonchev–Trinajstić information content (AvgIpc) is 2.31. The number of aromatic nitrogens is 2. The molecule has 0 aliphatic heterocycles. The minimum absolute atomic E-state index is 0.0287. The summed E-state index contributed by atoms with van der Waals surface area (Å²) in [7, 11) is 0. The lowest BCUT2D eigenvalue weighted by Crippen LogP contribution is -2.14. The van der Waals surface area contributed by atoms with E-state index in [9.17, 15) is 0 Å². The highest BCUT2D eigenvalue weighted by atomic mass is 32.2. The molecule has 5 heteroatoms. The van der Waals surface area contributed by atoms with Crippen LogP contribution in [0.1, 0.15) is 5.69 Å². The summed E-state index contributed by atoms with van der Waals surface area (Å²) >= 11 is 1.45. The summed E-state index contributed by atoms with van der Waals surface area (Å²) in [6, 6.07) is 9.38. The van der Waals surface area contributed by atoms with Crippen LogP contribution in [0.5, 0.6) is 0 Å². The number of amidine groups is 1. The smallest absolute Gasteiger partial charge is 0.142 e. The molecule has 16 heavy (non-hydrogen) atoms. The molecule has 0 radical (unpaired) electrons. The van der Waals surface area contributed by atoms with E-state index >= 15 is 0 Å². The molecule has 0 unspecified atom stereocenters. The largest absolute Gasteiger partial charge is 0.382 e. The van der Waals surface area contributed by atoms with Gasteiger partial charge in [0.15, 0.2) is 0 Å². The summed E-state index contributed by atoms with van der Waals surface area (Å²) in [5.74, 6) is -0.0287. The number of pyridine rings is 2. The van der Waals surface area contributed by atoms with E-state index in [2.05, 4.69) is 9.97 Å². The molecule has 2 heterocycles. The number of nitrogens with two attached hydrogens (primary N) is 1. The summed E-state index contributed by atoms with van der Waals surface area (Å²) in [6.07, 6.45) is 3.35. The number of nitrogens with zero attached hydrogens (tertiary/aromatic N) is 2. The van der Waals surface area contributed by atoms with Crippen LogP contribution in [0, 0.1) is 5.41 Å². The van der Waals surface area contributed by atoms with Gasteiger partial charge in [-0.1, -0.05) is 17.8 Å². The number of hydrogen-bond acceptors (Lipinski definition) is 4. The molecule has 0 bridgehead atoms. The Morgan fingerprint density at radius 2 is 1.94 bits per heavy atom. The van der Waals surface area contributed by atoms with Crippen molar-refractivity contribution in [1.82, 2.24) is 9.97 Å². The predicted molar refractivity (Wildman–Crippen MR) is 63.6 cm³/mol.